The molecule has 2 heterocycles. The van der Waals surface area contributed by atoms with Crippen molar-refractivity contribution in [3.05, 3.63) is 70.7 Å². The molecule has 0 aliphatic heterocycles. The van der Waals surface area contributed by atoms with Gasteiger partial charge in [0.1, 0.15) is 0 Å². The van der Waals surface area contributed by atoms with Gasteiger partial charge in [0.05, 0.1) is 12.2 Å². The van der Waals surface area contributed by atoms with Crippen LogP contribution in [0.3, 0.4) is 0 Å². The summed E-state index contributed by atoms with van der Waals surface area (Å²) in [6.45, 7) is 1.51. The van der Waals surface area contributed by atoms with Crippen LogP contribution in [-0.4, -0.2) is 22.8 Å². The molecule has 0 atom stereocenters. The molecule has 3 rings (SSSR count). The van der Waals surface area contributed by atoms with Crippen molar-refractivity contribution in [1.82, 2.24) is 20.4 Å². The molecule has 24 heavy (non-hydrogen) atoms. The predicted molar refractivity (Wildman–Crippen MR) is 110 cm³/mol. The van der Waals surface area contributed by atoms with E-state index in [9.17, 15) is 0 Å². The number of nitrogens with zero attached hydrogens (tertiary/aromatic N) is 3. The number of guanidine groups is 1. The Morgan fingerprint density at radius 2 is 1.92 bits per heavy atom. The van der Waals surface area contributed by atoms with Gasteiger partial charge in [0.25, 0.3) is 0 Å². The largest absolute Gasteiger partial charge is 0.352 e. The van der Waals surface area contributed by atoms with Crippen molar-refractivity contribution in [2.24, 2.45) is 4.99 Å². The molecule has 2 N–H and O–H groups in total. The summed E-state index contributed by atoms with van der Waals surface area (Å²) >= 11 is 1.74. The van der Waals surface area contributed by atoms with Gasteiger partial charge in [-0.25, -0.2) is 4.68 Å². The molecule has 126 valence electrons. The van der Waals surface area contributed by atoms with E-state index in [0.717, 1.165) is 24.7 Å². The Bertz CT molecular complexity index is 736. The van der Waals surface area contributed by atoms with E-state index in [0.29, 0.717) is 0 Å². The summed E-state index contributed by atoms with van der Waals surface area (Å²) < 4.78 is 1.85. The Labute approximate surface area is 162 Å². The van der Waals surface area contributed by atoms with Crippen LogP contribution in [0.4, 0.5) is 0 Å². The highest BCUT2D eigenvalue weighted by Crippen LogP contribution is 2.09. The SMILES string of the molecule is CN=C(NCc1ccc(-n2cccn2)cc1)NCc1cccs1.I. The lowest BCUT2D eigenvalue weighted by Crippen LogP contribution is -2.36. The zero-order valence-electron chi connectivity index (χ0n) is 13.3. The van der Waals surface area contributed by atoms with Crippen molar-refractivity contribution in [2.75, 3.05) is 7.05 Å². The molecule has 0 radical (unpaired) electrons. The van der Waals surface area contributed by atoms with Gasteiger partial charge in [-0.1, -0.05) is 18.2 Å². The number of benzene rings is 1. The Morgan fingerprint density at radius 3 is 2.54 bits per heavy atom. The molecule has 0 fully saturated rings. The standard InChI is InChI=1S/C17H19N5S.HI/c1-18-17(20-13-16-4-2-11-23-16)19-12-14-5-7-15(8-6-14)22-10-3-9-21-22;/h2-11H,12-13H2,1H3,(H2,18,19,20);1H. The second kappa shape index (κ2) is 9.43. The molecular weight excluding hydrogens is 433 g/mol. The van der Waals surface area contributed by atoms with Gasteiger partial charge in [-0.3, -0.25) is 4.99 Å². The van der Waals surface area contributed by atoms with Crippen LogP contribution in [0.1, 0.15) is 10.4 Å². The molecule has 0 unspecified atom stereocenters. The summed E-state index contributed by atoms with van der Waals surface area (Å²) in [5.74, 6) is 0.801. The fourth-order valence-electron chi connectivity index (χ4n) is 2.18. The van der Waals surface area contributed by atoms with Crippen LogP contribution < -0.4 is 10.6 Å². The molecule has 5 nitrogen and oxygen atoms in total. The fraction of sp³-hybridized carbons (Fsp3) is 0.176. The summed E-state index contributed by atoms with van der Waals surface area (Å²) in [4.78, 5) is 5.53. The van der Waals surface area contributed by atoms with Gasteiger partial charge in [-0.2, -0.15) is 5.10 Å². The Hall–Kier alpha value is -1.87. The highest BCUT2D eigenvalue weighted by atomic mass is 127. The van der Waals surface area contributed by atoms with Crippen molar-refractivity contribution in [3.63, 3.8) is 0 Å². The van der Waals surface area contributed by atoms with Crippen molar-refractivity contribution < 1.29 is 0 Å². The number of hydrogen-bond acceptors (Lipinski definition) is 3. The second-order valence-corrected chi connectivity index (χ2v) is 6.01. The average Bonchev–Trinajstić information content (AvgIpc) is 3.29. The fourth-order valence-corrected chi connectivity index (χ4v) is 2.82. The minimum absolute atomic E-state index is 0. The molecule has 0 spiro atoms. The summed E-state index contributed by atoms with van der Waals surface area (Å²) in [5, 5.41) is 12.9. The molecule has 0 aliphatic rings. The maximum Gasteiger partial charge on any atom is 0.191 e. The normalized spacial score (nSPS) is 11.0. The number of nitrogens with one attached hydrogen (secondary N) is 2. The van der Waals surface area contributed by atoms with Gasteiger partial charge in [0, 0.05) is 30.9 Å². The molecule has 3 aromatic rings. The number of hydrogen-bond donors (Lipinski definition) is 2. The minimum atomic E-state index is 0. The lowest BCUT2D eigenvalue weighted by Gasteiger charge is -2.11. The smallest absolute Gasteiger partial charge is 0.191 e. The van der Waals surface area contributed by atoms with E-state index in [4.69, 9.17) is 0 Å². The van der Waals surface area contributed by atoms with E-state index in [1.165, 1.54) is 10.4 Å². The molecule has 7 heteroatoms. The van der Waals surface area contributed by atoms with Crippen molar-refractivity contribution >= 4 is 41.3 Å². The first-order chi connectivity index (χ1) is 11.3. The zero-order valence-corrected chi connectivity index (χ0v) is 16.5. The van der Waals surface area contributed by atoms with E-state index < -0.39 is 0 Å². The Balaban J connectivity index is 0.00000208. The summed E-state index contributed by atoms with van der Waals surface area (Å²) in [6.07, 6.45) is 3.71. The van der Waals surface area contributed by atoms with Crippen LogP contribution in [0.2, 0.25) is 0 Å². The number of thiophene rings is 1. The maximum atomic E-state index is 4.25. The zero-order chi connectivity index (χ0) is 15.9. The van der Waals surface area contributed by atoms with E-state index in [2.05, 4.69) is 62.5 Å². The maximum absolute atomic E-state index is 4.25. The topological polar surface area (TPSA) is 54.2 Å². The third-order valence-electron chi connectivity index (χ3n) is 3.40. The second-order valence-electron chi connectivity index (χ2n) is 4.98. The van der Waals surface area contributed by atoms with Gasteiger partial charge in [0.2, 0.25) is 0 Å². The van der Waals surface area contributed by atoms with Crippen molar-refractivity contribution in [3.8, 4) is 5.69 Å². The predicted octanol–water partition coefficient (Wildman–Crippen LogP) is 3.42. The molecule has 0 saturated carbocycles. The quantitative estimate of drug-likeness (QED) is 0.354. The molecule has 0 saturated heterocycles. The van der Waals surface area contributed by atoms with Crippen LogP contribution >= 0.6 is 35.3 Å². The van der Waals surface area contributed by atoms with Crippen molar-refractivity contribution in [2.45, 2.75) is 13.1 Å². The molecule has 1 aromatic carbocycles. The van der Waals surface area contributed by atoms with Crippen LogP contribution in [0.25, 0.3) is 5.69 Å². The van der Waals surface area contributed by atoms with E-state index in [1.807, 2.05) is 16.9 Å². The minimum Gasteiger partial charge on any atom is -0.352 e. The number of aromatic nitrogens is 2. The first kappa shape index (κ1) is 18.5. The first-order valence-electron chi connectivity index (χ1n) is 7.41. The van der Waals surface area contributed by atoms with Gasteiger partial charge in [-0.05, 0) is 35.2 Å². The summed E-state index contributed by atoms with van der Waals surface area (Å²) in [6, 6.07) is 14.4. The van der Waals surface area contributed by atoms with Crippen LogP contribution in [0.15, 0.2) is 65.2 Å². The van der Waals surface area contributed by atoms with Gasteiger partial charge in [-0.15, -0.1) is 35.3 Å². The lowest BCUT2D eigenvalue weighted by molar-refractivity contribution is 0.814. The van der Waals surface area contributed by atoms with Gasteiger partial charge >= 0.3 is 0 Å². The monoisotopic (exact) mass is 453 g/mol. The molecule has 0 bridgehead atoms. The highest BCUT2D eigenvalue weighted by Gasteiger charge is 2.01. The van der Waals surface area contributed by atoms with E-state index >= 15 is 0 Å². The Morgan fingerprint density at radius 1 is 1.12 bits per heavy atom. The molecule has 2 aromatic heterocycles. The molecular formula is C17H20IN5S. The summed E-state index contributed by atoms with van der Waals surface area (Å²) in [7, 11) is 1.78. The third-order valence-corrected chi connectivity index (χ3v) is 4.28. The lowest BCUT2D eigenvalue weighted by atomic mass is 10.2. The summed E-state index contributed by atoms with van der Waals surface area (Å²) in [5.41, 5.74) is 2.25. The van der Waals surface area contributed by atoms with Crippen LogP contribution in [0, 0.1) is 0 Å². The number of rotatable bonds is 5. The number of halogens is 1. The first-order valence-corrected chi connectivity index (χ1v) is 8.29. The molecule has 0 amide bonds. The van der Waals surface area contributed by atoms with Crippen molar-refractivity contribution in [1.29, 1.82) is 0 Å². The highest BCUT2D eigenvalue weighted by molar-refractivity contribution is 14.0. The van der Waals surface area contributed by atoms with Crippen LogP contribution in [-0.2, 0) is 13.1 Å². The number of aliphatic imine (C=N–C) groups is 1. The van der Waals surface area contributed by atoms with Gasteiger partial charge in [0.15, 0.2) is 5.96 Å². The molecule has 0 aliphatic carbocycles. The van der Waals surface area contributed by atoms with E-state index in [1.54, 1.807) is 24.6 Å². The van der Waals surface area contributed by atoms with E-state index in [-0.39, 0.29) is 24.0 Å². The van der Waals surface area contributed by atoms with Gasteiger partial charge < -0.3 is 10.6 Å². The average molecular weight is 453 g/mol. The Kier molecular flexibility index (Phi) is 7.26. The third kappa shape index (κ3) is 5.07. The van der Waals surface area contributed by atoms with Crippen LogP contribution in [0.5, 0.6) is 0 Å².